The van der Waals surface area contributed by atoms with Gasteiger partial charge in [-0.2, -0.15) is 0 Å². The molecule has 0 spiro atoms. The van der Waals surface area contributed by atoms with Crippen LogP contribution in [0, 0.1) is 10.8 Å². The lowest BCUT2D eigenvalue weighted by atomic mass is 9.76. The number of benzene rings is 2. The van der Waals surface area contributed by atoms with Gasteiger partial charge in [0.05, 0.1) is 22.5 Å². The van der Waals surface area contributed by atoms with Crippen molar-refractivity contribution >= 4 is 23.8 Å². The molecular weight excluding hydrogens is 552 g/mol. The standard InChI is InChI=1S/C38H50O6/c1-15-37(11,12)28-23-29(38(13,14)16-2)32(44-34(41)36(8,9)10)27(31(28)42-24(3)4)21-22-30(39)25-17-19-26(20-18-25)43-33(40)35(5,6)7/h15-24H,1-2H2,3-14H3/b22-21+. The van der Waals surface area contributed by atoms with Gasteiger partial charge in [0, 0.05) is 27.5 Å². The first-order valence-electron chi connectivity index (χ1n) is 15.0. The van der Waals surface area contributed by atoms with Gasteiger partial charge < -0.3 is 14.2 Å². The van der Waals surface area contributed by atoms with Gasteiger partial charge in [0.25, 0.3) is 0 Å². The molecule has 0 aromatic heterocycles. The average molecular weight is 603 g/mol. The van der Waals surface area contributed by atoms with E-state index >= 15 is 0 Å². The molecular formula is C38H50O6. The van der Waals surface area contributed by atoms with E-state index in [1.54, 1.807) is 78.0 Å². The monoisotopic (exact) mass is 602 g/mol. The molecule has 0 radical (unpaired) electrons. The quantitative estimate of drug-likeness (QED) is 0.0839. The van der Waals surface area contributed by atoms with Crippen molar-refractivity contribution in [3.8, 4) is 17.2 Å². The van der Waals surface area contributed by atoms with Crippen molar-refractivity contribution in [3.63, 3.8) is 0 Å². The van der Waals surface area contributed by atoms with E-state index in [9.17, 15) is 14.4 Å². The van der Waals surface area contributed by atoms with Crippen LogP contribution >= 0.6 is 0 Å². The summed E-state index contributed by atoms with van der Waals surface area (Å²) < 4.78 is 18.0. The number of ketones is 1. The molecule has 0 aliphatic carbocycles. The molecule has 0 aliphatic rings. The highest BCUT2D eigenvalue weighted by molar-refractivity contribution is 6.07. The second kappa shape index (κ2) is 13.4. The van der Waals surface area contributed by atoms with Gasteiger partial charge in [-0.1, -0.05) is 39.8 Å². The fourth-order valence-corrected chi connectivity index (χ4v) is 3.92. The second-order valence-corrected chi connectivity index (χ2v) is 14.6. The zero-order valence-corrected chi connectivity index (χ0v) is 28.6. The fraction of sp³-hybridized carbons (Fsp3) is 0.447. The van der Waals surface area contributed by atoms with Gasteiger partial charge in [0.2, 0.25) is 0 Å². The molecule has 0 bridgehead atoms. The van der Waals surface area contributed by atoms with Crippen LogP contribution in [0.1, 0.15) is 110 Å². The SMILES string of the molecule is C=CC(C)(C)c1cc(C(C)(C)C=C)c(OC(C)C)c(/C=C/C(=O)c2ccc(OC(=O)C(C)(C)C)cc2)c1OC(=O)C(C)(C)C. The number of ether oxygens (including phenoxy) is 3. The van der Waals surface area contributed by atoms with Crippen LogP contribution in [-0.4, -0.2) is 23.8 Å². The Morgan fingerprint density at radius 2 is 1.16 bits per heavy atom. The maximum Gasteiger partial charge on any atom is 0.316 e. The number of hydrogen-bond acceptors (Lipinski definition) is 6. The van der Waals surface area contributed by atoms with Gasteiger partial charge in [-0.3, -0.25) is 14.4 Å². The van der Waals surface area contributed by atoms with Crippen molar-refractivity contribution in [1.29, 1.82) is 0 Å². The first-order chi connectivity index (χ1) is 20.0. The molecule has 44 heavy (non-hydrogen) atoms. The molecule has 0 unspecified atom stereocenters. The number of carbonyl (C=O) groups excluding carboxylic acids is 3. The fourth-order valence-electron chi connectivity index (χ4n) is 3.92. The Hall–Kier alpha value is -3.93. The third-order valence-electron chi connectivity index (χ3n) is 7.20. The molecule has 0 saturated heterocycles. The molecule has 6 heteroatoms. The molecule has 0 saturated carbocycles. The largest absolute Gasteiger partial charge is 0.490 e. The van der Waals surface area contributed by atoms with Crippen LogP contribution in [0.4, 0.5) is 0 Å². The lowest BCUT2D eigenvalue weighted by Crippen LogP contribution is -2.29. The average Bonchev–Trinajstić information content (AvgIpc) is 2.91. The van der Waals surface area contributed by atoms with E-state index in [1.165, 1.54) is 6.08 Å². The summed E-state index contributed by atoms with van der Waals surface area (Å²) in [5, 5.41) is 0. The van der Waals surface area contributed by atoms with Crippen molar-refractivity contribution in [2.24, 2.45) is 10.8 Å². The van der Waals surface area contributed by atoms with E-state index in [0.717, 1.165) is 11.1 Å². The molecule has 2 aromatic rings. The molecule has 0 aliphatic heterocycles. The Kier molecular flexibility index (Phi) is 11.0. The van der Waals surface area contributed by atoms with Gasteiger partial charge in [-0.05, 0) is 97.9 Å². The van der Waals surface area contributed by atoms with Gasteiger partial charge in [-0.15, -0.1) is 13.2 Å². The number of carbonyl (C=O) groups is 3. The third-order valence-corrected chi connectivity index (χ3v) is 7.20. The summed E-state index contributed by atoms with van der Waals surface area (Å²) in [6, 6.07) is 8.38. The van der Waals surface area contributed by atoms with E-state index < -0.39 is 27.6 Å². The Morgan fingerprint density at radius 1 is 0.705 bits per heavy atom. The summed E-state index contributed by atoms with van der Waals surface area (Å²) in [5.74, 6) is 0.0740. The van der Waals surface area contributed by atoms with Crippen molar-refractivity contribution in [2.45, 2.75) is 100 Å². The van der Waals surface area contributed by atoms with Crippen LogP contribution in [0.5, 0.6) is 17.2 Å². The van der Waals surface area contributed by atoms with Crippen LogP contribution in [-0.2, 0) is 20.4 Å². The minimum Gasteiger partial charge on any atom is -0.490 e. The highest BCUT2D eigenvalue weighted by atomic mass is 16.5. The lowest BCUT2D eigenvalue weighted by molar-refractivity contribution is -0.143. The van der Waals surface area contributed by atoms with Gasteiger partial charge in [-0.25, -0.2) is 0 Å². The predicted octanol–water partition coefficient (Wildman–Crippen LogP) is 9.20. The second-order valence-electron chi connectivity index (χ2n) is 14.6. The summed E-state index contributed by atoms with van der Waals surface area (Å²) in [4.78, 5) is 39.0. The minimum absolute atomic E-state index is 0.218. The van der Waals surface area contributed by atoms with Gasteiger partial charge in [0.15, 0.2) is 5.78 Å². The number of hydrogen-bond donors (Lipinski definition) is 0. The van der Waals surface area contributed by atoms with E-state index in [4.69, 9.17) is 14.2 Å². The van der Waals surface area contributed by atoms with E-state index in [1.807, 2.05) is 53.7 Å². The summed E-state index contributed by atoms with van der Waals surface area (Å²) in [6.45, 7) is 30.7. The van der Waals surface area contributed by atoms with Crippen LogP contribution in [0.2, 0.25) is 0 Å². The normalized spacial score (nSPS) is 12.7. The Balaban J connectivity index is 2.83. The smallest absolute Gasteiger partial charge is 0.316 e. The predicted molar refractivity (Wildman–Crippen MR) is 179 cm³/mol. The summed E-state index contributed by atoms with van der Waals surface area (Å²) in [7, 11) is 0. The zero-order chi connectivity index (χ0) is 33.8. The molecule has 0 fully saturated rings. The van der Waals surface area contributed by atoms with Crippen molar-refractivity contribution in [3.05, 3.63) is 84.0 Å². The van der Waals surface area contributed by atoms with Crippen molar-refractivity contribution in [1.82, 2.24) is 0 Å². The van der Waals surface area contributed by atoms with Gasteiger partial charge >= 0.3 is 11.9 Å². The van der Waals surface area contributed by atoms with E-state index in [2.05, 4.69) is 13.2 Å². The molecule has 238 valence electrons. The molecule has 6 nitrogen and oxygen atoms in total. The maximum absolute atomic E-state index is 13.4. The van der Waals surface area contributed by atoms with Crippen molar-refractivity contribution in [2.75, 3.05) is 0 Å². The van der Waals surface area contributed by atoms with Crippen LogP contribution < -0.4 is 14.2 Å². The molecule has 2 aromatic carbocycles. The number of esters is 2. The molecule has 0 atom stereocenters. The Labute approximate surface area is 264 Å². The first kappa shape index (κ1) is 36.3. The van der Waals surface area contributed by atoms with Crippen LogP contribution in [0.15, 0.2) is 61.7 Å². The lowest BCUT2D eigenvalue weighted by Gasteiger charge is -2.33. The maximum atomic E-state index is 13.4. The third kappa shape index (κ3) is 8.81. The van der Waals surface area contributed by atoms with Gasteiger partial charge in [0.1, 0.15) is 17.2 Å². The molecule has 0 amide bonds. The summed E-state index contributed by atoms with van der Waals surface area (Å²) >= 11 is 0. The Morgan fingerprint density at radius 3 is 1.59 bits per heavy atom. The number of allylic oxidation sites excluding steroid dienone is 3. The van der Waals surface area contributed by atoms with Crippen molar-refractivity contribution < 1.29 is 28.6 Å². The highest BCUT2D eigenvalue weighted by Gasteiger charge is 2.35. The topological polar surface area (TPSA) is 78.9 Å². The molecule has 0 heterocycles. The summed E-state index contributed by atoms with van der Waals surface area (Å²) in [6.07, 6.45) is 6.50. The number of rotatable bonds is 11. The molecule has 2 rings (SSSR count). The highest BCUT2D eigenvalue weighted by Crippen LogP contribution is 2.47. The van der Waals surface area contributed by atoms with E-state index in [-0.39, 0.29) is 17.9 Å². The Bertz CT molecular complexity index is 1440. The van der Waals surface area contributed by atoms with Crippen LogP contribution in [0.25, 0.3) is 6.08 Å². The van der Waals surface area contributed by atoms with Crippen LogP contribution in [0.3, 0.4) is 0 Å². The summed E-state index contributed by atoms with van der Waals surface area (Å²) in [5.41, 5.74) is -0.166. The molecule has 0 N–H and O–H groups in total. The zero-order valence-electron chi connectivity index (χ0n) is 28.6. The minimum atomic E-state index is -0.789. The van der Waals surface area contributed by atoms with E-state index in [0.29, 0.717) is 28.4 Å². The first-order valence-corrected chi connectivity index (χ1v) is 15.0.